The number of nitrogens with zero attached hydrogens (tertiary/aromatic N) is 1. The van der Waals surface area contributed by atoms with Crippen molar-refractivity contribution in [3.8, 4) is 0 Å². The number of aryl methyl sites for hydroxylation is 1. The van der Waals surface area contributed by atoms with Gasteiger partial charge in [-0.3, -0.25) is 19.1 Å². The highest BCUT2D eigenvalue weighted by Gasteiger charge is 2.55. The van der Waals surface area contributed by atoms with E-state index in [-0.39, 0.29) is 6.42 Å². The molecule has 0 amide bonds. The molecule has 1 saturated heterocycles. The zero-order valence-corrected chi connectivity index (χ0v) is 13.6. The SMILES string of the molecule is Cc1cn([C@H]2C[C@](O)(C(=O)C(C)(C)C)[C@@H](CO)O2)c(=O)[nH]c1=O. The third-order valence-electron chi connectivity index (χ3n) is 4.04. The Kier molecular flexibility index (Phi) is 4.36. The minimum atomic E-state index is -1.90. The molecule has 3 N–H and O–H groups in total. The fraction of sp³-hybridized carbons (Fsp3) is 0.667. The second-order valence-electron chi connectivity index (χ2n) is 6.95. The van der Waals surface area contributed by atoms with Crippen LogP contribution in [0.3, 0.4) is 0 Å². The average Bonchev–Trinajstić information content (AvgIpc) is 2.79. The van der Waals surface area contributed by atoms with Crippen LogP contribution in [0.2, 0.25) is 0 Å². The van der Waals surface area contributed by atoms with Gasteiger partial charge in [0.2, 0.25) is 0 Å². The summed E-state index contributed by atoms with van der Waals surface area (Å²) in [6.07, 6.45) is -0.960. The van der Waals surface area contributed by atoms with Crippen LogP contribution in [0.15, 0.2) is 15.8 Å². The van der Waals surface area contributed by atoms with Crippen LogP contribution in [0.1, 0.15) is 39.0 Å². The van der Waals surface area contributed by atoms with Gasteiger partial charge in [-0.1, -0.05) is 20.8 Å². The van der Waals surface area contributed by atoms with Crippen molar-refractivity contribution in [3.63, 3.8) is 0 Å². The number of ketones is 1. The Morgan fingerprint density at radius 1 is 1.48 bits per heavy atom. The fourth-order valence-corrected chi connectivity index (χ4v) is 2.79. The van der Waals surface area contributed by atoms with Gasteiger partial charge >= 0.3 is 5.69 Å². The van der Waals surface area contributed by atoms with E-state index in [1.165, 1.54) is 13.1 Å². The second-order valence-corrected chi connectivity index (χ2v) is 6.95. The van der Waals surface area contributed by atoms with Crippen molar-refractivity contribution in [2.24, 2.45) is 5.41 Å². The van der Waals surface area contributed by atoms with Gasteiger partial charge in [-0.05, 0) is 6.92 Å². The van der Waals surface area contributed by atoms with Crippen LogP contribution in [0.5, 0.6) is 0 Å². The van der Waals surface area contributed by atoms with Gasteiger partial charge in [-0.15, -0.1) is 0 Å². The lowest BCUT2D eigenvalue weighted by molar-refractivity contribution is -0.154. The standard InChI is InChI=1S/C15H22N2O6/c1-8-6-17(13(21)16-11(8)19)10-5-15(22,9(7-18)23-10)12(20)14(2,3)4/h6,9-10,18,22H,5,7H2,1-4H3,(H,16,19,21)/t9-,10-,15-/m1/s1. The first-order chi connectivity index (χ1) is 10.5. The Labute approximate surface area is 132 Å². The molecule has 0 aliphatic carbocycles. The first-order valence-electron chi connectivity index (χ1n) is 7.36. The third-order valence-corrected chi connectivity index (χ3v) is 4.04. The summed E-state index contributed by atoms with van der Waals surface area (Å²) < 4.78 is 6.64. The van der Waals surface area contributed by atoms with Crippen molar-refractivity contribution < 1.29 is 19.7 Å². The van der Waals surface area contributed by atoms with Crippen LogP contribution in [-0.2, 0) is 9.53 Å². The van der Waals surface area contributed by atoms with E-state index in [0.29, 0.717) is 5.56 Å². The molecule has 0 saturated carbocycles. The number of aliphatic hydroxyl groups is 2. The number of aromatic amines is 1. The fourth-order valence-electron chi connectivity index (χ4n) is 2.79. The van der Waals surface area contributed by atoms with Gasteiger partial charge in [-0.2, -0.15) is 0 Å². The van der Waals surface area contributed by atoms with Crippen molar-refractivity contribution in [2.45, 2.75) is 52.0 Å². The lowest BCUT2D eigenvalue weighted by Gasteiger charge is -2.31. The highest BCUT2D eigenvalue weighted by atomic mass is 16.5. The van der Waals surface area contributed by atoms with Crippen LogP contribution in [-0.4, -0.2) is 43.9 Å². The largest absolute Gasteiger partial charge is 0.394 e. The third kappa shape index (κ3) is 3.01. The van der Waals surface area contributed by atoms with Crippen LogP contribution >= 0.6 is 0 Å². The summed E-state index contributed by atoms with van der Waals surface area (Å²) in [5, 5.41) is 20.2. The monoisotopic (exact) mass is 326 g/mol. The molecule has 1 aromatic rings. The quantitative estimate of drug-likeness (QED) is 0.686. The summed E-state index contributed by atoms with van der Waals surface area (Å²) in [4.78, 5) is 38.1. The first kappa shape index (κ1) is 17.6. The predicted molar refractivity (Wildman–Crippen MR) is 81.1 cm³/mol. The number of rotatable bonds is 3. The molecule has 1 fully saturated rings. The number of Topliss-reactive ketones (excluding diaryl/α,β-unsaturated/α-hetero) is 1. The number of carbonyl (C=O) groups excluding carboxylic acids is 1. The molecule has 1 aliphatic heterocycles. The van der Waals surface area contributed by atoms with Gasteiger partial charge in [-0.25, -0.2) is 4.79 Å². The summed E-state index contributed by atoms with van der Waals surface area (Å²) in [5.74, 6) is -0.472. The van der Waals surface area contributed by atoms with Crippen molar-refractivity contribution in [1.82, 2.24) is 9.55 Å². The molecule has 0 bridgehead atoms. The van der Waals surface area contributed by atoms with Crippen LogP contribution in [0.25, 0.3) is 0 Å². The molecule has 0 radical (unpaired) electrons. The van der Waals surface area contributed by atoms with Gasteiger partial charge in [0.15, 0.2) is 11.4 Å². The van der Waals surface area contributed by atoms with E-state index < -0.39 is 47.0 Å². The summed E-state index contributed by atoms with van der Waals surface area (Å²) in [6, 6.07) is 0. The lowest BCUT2D eigenvalue weighted by atomic mass is 9.76. The number of nitrogens with one attached hydrogen (secondary N) is 1. The normalized spacial score (nSPS) is 28.1. The van der Waals surface area contributed by atoms with Crippen LogP contribution < -0.4 is 11.2 Å². The predicted octanol–water partition coefficient (Wildman–Crippen LogP) is -0.529. The summed E-state index contributed by atoms with van der Waals surface area (Å²) in [7, 11) is 0. The zero-order valence-electron chi connectivity index (χ0n) is 13.6. The number of hydrogen-bond acceptors (Lipinski definition) is 6. The summed E-state index contributed by atoms with van der Waals surface area (Å²) >= 11 is 0. The van der Waals surface area contributed by atoms with E-state index in [4.69, 9.17) is 4.74 Å². The molecule has 23 heavy (non-hydrogen) atoms. The van der Waals surface area contributed by atoms with Gasteiger partial charge in [0.05, 0.1) is 6.61 Å². The first-order valence-corrected chi connectivity index (χ1v) is 7.36. The molecule has 3 atom stereocenters. The topological polar surface area (TPSA) is 122 Å². The van der Waals surface area contributed by atoms with E-state index in [1.54, 1.807) is 20.8 Å². The second kappa shape index (κ2) is 5.70. The maximum absolute atomic E-state index is 12.6. The molecule has 128 valence electrons. The van der Waals surface area contributed by atoms with Crippen LogP contribution in [0.4, 0.5) is 0 Å². The number of H-pyrrole nitrogens is 1. The van der Waals surface area contributed by atoms with Crippen molar-refractivity contribution in [3.05, 3.63) is 32.6 Å². The maximum atomic E-state index is 12.6. The highest BCUT2D eigenvalue weighted by Crippen LogP contribution is 2.40. The van der Waals surface area contributed by atoms with Crippen LogP contribution in [0, 0.1) is 12.3 Å². The van der Waals surface area contributed by atoms with Crippen molar-refractivity contribution >= 4 is 5.78 Å². The Hall–Kier alpha value is -1.77. The maximum Gasteiger partial charge on any atom is 0.330 e. The van der Waals surface area contributed by atoms with E-state index in [1.807, 2.05) is 0 Å². The molecule has 0 spiro atoms. The molecule has 8 nitrogen and oxygen atoms in total. The highest BCUT2D eigenvalue weighted by molar-refractivity contribution is 5.92. The Balaban J connectivity index is 2.44. The van der Waals surface area contributed by atoms with Crippen molar-refractivity contribution in [2.75, 3.05) is 6.61 Å². The van der Waals surface area contributed by atoms with E-state index in [2.05, 4.69) is 4.98 Å². The number of carbonyl (C=O) groups is 1. The number of ether oxygens (including phenoxy) is 1. The molecule has 8 heteroatoms. The Morgan fingerprint density at radius 2 is 2.09 bits per heavy atom. The average molecular weight is 326 g/mol. The summed E-state index contributed by atoms with van der Waals surface area (Å²) in [6.45, 7) is 5.94. The molecular formula is C15H22N2O6. The van der Waals surface area contributed by atoms with Gasteiger partial charge in [0, 0.05) is 23.6 Å². The van der Waals surface area contributed by atoms with Gasteiger partial charge in [0.25, 0.3) is 5.56 Å². The number of aromatic nitrogens is 2. The molecule has 1 aliphatic rings. The number of aliphatic hydroxyl groups excluding tert-OH is 1. The summed E-state index contributed by atoms with van der Waals surface area (Å²) in [5.41, 5.74) is -3.65. The molecular weight excluding hydrogens is 304 g/mol. The van der Waals surface area contributed by atoms with Gasteiger partial charge < -0.3 is 14.9 Å². The smallest absolute Gasteiger partial charge is 0.330 e. The lowest BCUT2D eigenvalue weighted by Crippen LogP contribution is -2.52. The molecule has 2 rings (SSSR count). The zero-order chi connectivity index (χ0) is 17.6. The van der Waals surface area contributed by atoms with E-state index in [0.717, 1.165) is 4.57 Å². The molecule has 2 heterocycles. The van der Waals surface area contributed by atoms with E-state index >= 15 is 0 Å². The van der Waals surface area contributed by atoms with E-state index in [9.17, 15) is 24.6 Å². The Bertz CT molecular complexity index is 729. The molecule has 0 aromatic carbocycles. The minimum absolute atomic E-state index is 0.181. The molecule has 1 aromatic heterocycles. The Morgan fingerprint density at radius 3 is 2.61 bits per heavy atom. The minimum Gasteiger partial charge on any atom is -0.394 e. The van der Waals surface area contributed by atoms with Crippen molar-refractivity contribution in [1.29, 1.82) is 0 Å². The number of hydrogen-bond donors (Lipinski definition) is 3. The van der Waals surface area contributed by atoms with Gasteiger partial charge in [0.1, 0.15) is 12.3 Å². The molecule has 0 unspecified atom stereocenters.